The highest BCUT2D eigenvalue weighted by molar-refractivity contribution is 5.95. The van der Waals surface area contributed by atoms with Crippen molar-refractivity contribution in [1.29, 1.82) is 0 Å². The molecule has 1 N–H and O–H groups in total. The predicted octanol–water partition coefficient (Wildman–Crippen LogP) is 3.74. The van der Waals surface area contributed by atoms with Gasteiger partial charge < -0.3 is 5.32 Å². The number of benzene rings is 1. The number of nitrogens with one attached hydrogen (secondary N) is 1. The summed E-state index contributed by atoms with van der Waals surface area (Å²) in [4.78, 5) is 12.7. The van der Waals surface area contributed by atoms with Crippen molar-refractivity contribution in [3.63, 3.8) is 0 Å². The maximum atomic E-state index is 12.7. The van der Waals surface area contributed by atoms with E-state index in [1.807, 2.05) is 42.1 Å². The second-order valence-corrected chi connectivity index (χ2v) is 7.55. The summed E-state index contributed by atoms with van der Waals surface area (Å²) < 4.78 is 1.81. The van der Waals surface area contributed by atoms with Gasteiger partial charge in [-0.3, -0.25) is 4.79 Å². The minimum Gasteiger partial charge on any atom is -0.349 e. The fourth-order valence-electron chi connectivity index (χ4n) is 4.71. The summed E-state index contributed by atoms with van der Waals surface area (Å²) >= 11 is 0. The fourth-order valence-corrected chi connectivity index (χ4v) is 4.71. The van der Waals surface area contributed by atoms with Gasteiger partial charge in [-0.05, 0) is 74.6 Å². The zero-order valence-corrected chi connectivity index (χ0v) is 14.4. The molecule has 2 saturated carbocycles. The van der Waals surface area contributed by atoms with Gasteiger partial charge in [0, 0.05) is 24.0 Å². The molecule has 1 amide bonds. The summed E-state index contributed by atoms with van der Waals surface area (Å²) in [7, 11) is 0. The van der Waals surface area contributed by atoms with Gasteiger partial charge >= 0.3 is 0 Å². The van der Waals surface area contributed by atoms with Gasteiger partial charge in [-0.25, -0.2) is 4.68 Å². The van der Waals surface area contributed by atoms with Crippen LogP contribution in [-0.2, 0) is 0 Å². The van der Waals surface area contributed by atoms with Crippen molar-refractivity contribution in [1.82, 2.24) is 15.1 Å². The summed E-state index contributed by atoms with van der Waals surface area (Å²) in [5, 5.41) is 7.53. The molecule has 0 radical (unpaired) electrons. The van der Waals surface area contributed by atoms with Crippen molar-refractivity contribution < 1.29 is 4.79 Å². The SMILES string of the molecule is Cc1ccc(C(=O)N[C@@H](C)[C@@H]2C[C@H]3CC[C@H]2C3)cc1-n1cccn1. The van der Waals surface area contributed by atoms with E-state index in [4.69, 9.17) is 0 Å². The van der Waals surface area contributed by atoms with Crippen molar-refractivity contribution in [2.24, 2.45) is 17.8 Å². The van der Waals surface area contributed by atoms with Crippen molar-refractivity contribution in [3.05, 3.63) is 47.8 Å². The lowest BCUT2D eigenvalue weighted by Crippen LogP contribution is -2.40. The summed E-state index contributed by atoms with van der Waals surface area (Å²) in [6.45, 7) is 4.21. The summed E-state index contributed by atoms with van der Waals surface area (Å²) in [5.41, 5.74) is 2.78. The topological polar surface area (TPSA) is 46.9 Å². The lowest BCUT2D eigenvalue weighted by Gasteiger charge is -2.28. The second kappa shape index (κ2) is 6.08. The first-order valence-electron chi connectivity index (χ1n) is 9.03. The van der Waals surface area contributed by atoms with Crippen LogP contribution in [0.4, 0.5) is 0 Å². The Bertz CT molecular complexity index is 737. The molecule has 126 valence electrons. The van der Waals surface area contributed by atoms with Crippen molar-refractivity contribution in [2.75, 3.05) is 0 Å². The van der Waals surface area contributed by atoms with Crippen LogP contribution in [0.15, 0.2) is 36.7 Å². The van der Waals surface area contributed by atoms with Crippen LogP contribution in [0.25, 0.3) is 5.69 Å². The molecule has 0 spiro atoms. The third-order valence-corrected chi connectivity index (χ3v) is 6.02. The first-order valence-corrected chi connectivity index (χ1v) is 9.03. The van der Waals surface area contributed by atoms with Gasteiger partial charge in [-0.1, -0.05) is 12.5 Å². The number of aromatic nitrogens is 2. The molecule has 1 aromatic carbocycles. The molecule has 2 aliphatic carbocycles. The molecule has 2 fully saturated rings. The molecule has 0 unspecified atom stereocenters. The molecule has 4 atom stereocenters. The average molecular weight is 323 g/mol. The third kappa shape index (κ3) is 2.74. The van der Waals surface area contributed by atoms with E-state index in [0.717, 1.165) is 23.1 Å². The molecule has 0 aliphatic heterocycles. The van der Waals surface area contributed by atoms with Crippen LogP contribution >= 0.6 is 0 Å². The van der Waals surface area contributed by atoms with Crippen LogP contribution < -0.4 is 5.32 Å². The zero-order chi connectivity index (χ0) is 16.7. The predicted molar refractivity (Wildman–Crippen MR) is 94.2 cm³/mol. The Balaban J connectivity index is 1.49. The quantitative estimate of drug-likeness (QED) is 0.932. The van der Waals surface area contributed by atoms with Gasteiger partial charge in [0.2, 0.25) is 0 Å². The largest absolute Gasteiger partial charge is 0.349 e. The molecular weight excluding hydrogens is 298 g/mol. The number of hydrogen-bond acceptors (Lipinski definition) is 2. The van der Waals surface area contributed by atoms with E-state index in [-0.39, 0.29) is 11.9 Å². The molecule has 24 heavy (non-hydrogen) atoms. The number of amides is 1. The highest BCUT2D eigenvalue weighted by atomic mass is 16.1. The molecule has 2 aromatic rings. The third-order valence-electron chi connectivity index (χ3n) is 6.02. The molecule has 4 nitrogen and oxygen atoms in total. The van der Waals surface area contributed by atoms with Gasteiger partial charge in [-0.15, -0.1) is 0 Å². The van der Waals surface area contributed by atoms with Gasteiger partial charge in [0.1, 0.15) is 0 Å². The van der Waals surface area contributed by atoms with E-state index in [9.17, 15) is 4.79 Å². The Morgan fingerprint density at radius 3 is 2.88 bits per heavy atom. The minimum absolute atomic E-state index is 0.0266. The van der Waals surface area contributed by atoms with Gasteiger partial charge in [0.25, 0.3) is 5.91 Å². The smallest absolute Gasteiger partial charge is 0.251 e. The maximum absolute atomic E-state index is 12.7. The van der Waals surface area contributed by atoms with Crippen LogP contribution in [0, 0.1) is 24.7 Å². The molecule has 0 saturated heterocycles. The Morgan fingerprint density at radius 1 is 1.33 bits per heavy atom. The Kier molecular flexibility index (Phi) is 3.91. The van der Waals surface area contributed by atoms with E-state index in [2.05, 4.69) is 17.3 Å². The summed E-state index contributed by atoms with van der Waals surface area (Å²) in [6, 6.07) is 7.98. The van der Waals surface area contributed by atoms with Crippen molar-refractivity contribution in [3.8, 4) is 5.69 Å². The standard InChI is InChI=1S/C20H25N3O/c1-13-4-6-17(12-19(13)23-9-3-8-21-23)20(24)22-14(2)18-11-15-5-7-16(18)10-15/h3-4,6,8-9,12,14-16,18H,5,7,10-11H2,1-2H3,(H,22,24)/t14-,15-,16-,18-/m0/s1. The van der Waals surface area contributed by atoms with Crippen LogP contribution in [0.2, 0.25) is 0 Å². The van der Waals surface area contributed by atoms with Gasteiger partial charge in [-0.2, -0.15) is 5.10 Å². The normalized spacial score (nSPS) is 26.5. The molecule has 1 heterocycles. The molecule has 4 heteroatoms. The Morgan fingerprint density at radius 2 is 2.21 bits per heavy atom. The number of carbonyl (C=O) groups is 1. The number of fused-ring (bicyclic) bond motifs is 2. The monoisotopic (exact) mass is 323 g/mol. The van der Waals surface area contributed by atoms with Crippen molar-refractivity contribution in [2.45, 2.75) is 45.6 Å². The number of rotatable bonds is 4. The first kappa shape index (κ1) is 15.4. The lowest BCUT2D eigenvalue weighted by atomic mass is 9.84. The fraction of sp³-hybridized carbons (Fsp3) is 0.500. The van der Waals surface area contributed by atoms with E-state index in [1.165, 1.54) is 25.7 Å². The van der Waals surface area contributed by atoms with Crippen LogP contribution in [0.5, 0.6) is 0 Å². The Hall–Kier alpha value is -2.10. The molecule has 2 bridgehead atoms. The zero-order valence-electron chi connectivity index (χ0n) is 14.4. The number of aryl methyl sites for hydroxylation is 1. The summed E-state index contributed by atoms with van der Waals surface area (Å²) in [5.74, 6) is 2.41. The van der Waals surface area contributed by atoms with Crippen LogP contribution in [-0.4, -0.2) is 21.7 Å². The number of nitrogens with zero attached hydrogens (tertiary/aromatic N) is 2. The van der Waals surface area contributed by atoms with Crippen molar-refractivity contribution >= 4 is 5.91 Å². The van der Waals surface area contributed by atoms with Crippen LogP contribution in [0.1, 0.15) is 48.5 Å². The van der Waals surface area contributed by atoms with Crippen LogP contribution in [0.3, 0.4) is 0 Å². The molecule has 2 aliphatic rings. The average Bonchev–Trinajstić information content (AvgIpc) is 3.32. The highest BCUT2D eigenvalue weighted by Gasteiger charge is 2.42. The number of hydrogen-bond donors (Lipinski definition) is 1. The highest BCUT2D eigenvalue weighted by Crippen LogP contribution is 2.49. The minimum atomic E-state index is 0.0266. The summed E-state index contributed by atoms with van der Waals surface area (Å²) in [6.07, 6.45) is 9.07. The second-order valence-electron chi connectivity index (χ2n) is 7.55. The lowest BCUT2D eigenvalue weighted by molar-refractivity contribution is 0.0915. The molecule has 1 aromatic heterocycles. The molecular formula is C20H25N3O. The van der Waals surface area contributed by atoms with E-state index in [1.54, 1.807) is 6.20 Å². The maximum Gasteiger partial charge on any atom is 0.251 e. The van der Waals surface area contributed by atoms with E-state index < -0.39 is 0 Å². The van der Waals surface area contributed by atoms with Gasteiger partial charge in [0.15, 0.2) is 0 Å². The van der Waals surface area contributed by atoms with E-state index >= 15 is 0 Å². The number of carbonyl (C=O) groups excluding carboxylic acids is 1. The van der Waals surface area contributed by atoms with E-state index in [0.29, 0.717) is 11.5 Å². The van der Waals surface area contributed by atoms with Gasteiger partial charge in [0.05, 0.1) is 5.69 Å². The Labute approximate surface area is 143 Å². The first-order chi connectivity index (χ1) is 11.6. The molecule has 4 rings (SSSR count).